The van der Waals surface area contributed by atoms with Crippen LogP contribution in [0.3, 0.4) is 0 Å². The van der Waals surface area contributed by atoms with E-state index in [0.717, 1.165) is 88.8 Å². The molecule has 0 amide bonds. The summed E-state index contributed by atoms with van der Waals surface area (Å²) < 4.78 is 57.9. The molecule has 3 aliphatic rings. The van der Waals surface area contributed by atoms with Crippen LogP contribution < -0.4 is 0 Å². The molecule has 66 heavy (non-hydrogen) atoms. The zero-order chi connectivity index (χ0) is 46.8. The minimum Gasteiger partial charge on any atom is -0.364 e. The summed E-state index contributed by atoms with van der Waals surface area (Å²) in [5.41, 5.74) is 10.0. The van der Waals surface area contributed by atoms with Crippen LogP contribution in [0, 0.1) is 37.2 Å². The Morgan fingerprint density at radius 3 is 1.32 bits per heavy atom. The van der Waals surface area contributed by atoms with Gasteiger partial charge in [-0.3, -0.25) is 0 Å². The minimum absolute atomic E-state index is 0.152. The van der Waals surface area contributed by atoms with Crippen molar-refractivity contribution in [2.75, 3.05) is 41.3 Å². The summed E-state index contributed by atoms with van der Waals surface area (Å²) in [5, 5.41) is 0. The Hall–Kier alpha value is -6.62. The largest absolute Gasteiger partial charge is 0.364 e. The van der Waals surface area contributed by atoms with E-state index in [1.807, 2.05) is 72.8 Å². The Morgan fingerprint density at radius 1 is 0.515 bits per heavy atom. The van der Waals surface area contributed by atoms with Crippen molar-refractivity contribution in [1.82, 2.24) is 9.80 Å². The van der Waals surface area contributed by atoms with E-state index in [0.29, 0.717) is 36.9 Å². The van der Waals surface area contributed by atoms with E-state index in [1.54, 1.807) is 18.2 Å². The van der Waals surface area contributed by atoms with Crippen LogP contribution in [-0.4, -0.2) is 51.1 Å². The lowest BCUT2D eigenvalue weighted by Gasteiger charge is -2.31. The molecule has 0 radical (unpaired) electrons. The van der Waals surface area contributed by atoms with Crippen LogP contribution in [0.4, 0.5) is 30.2 Å². The second kappa shape index (κ2) is 21.1. The van der Waals surface area contributed by atoms with E-state index in [2.05, 4.69) is 52.5 Å². The Morgan fingerprint density at radius 2 is 0.909 bits per heavy atom. The lowest BCUT2D eigenvalue weighted by atomic mass is 9.82. The Bertz CT molecular complexity index is 2630. The van der Waals surface area contributed by atoms with Gasteiger partial charge in [-0.05, 0) is 153 Å². The molecule has 0 aromatic heterocycles. The minimum atomic E-state index is -0.556. The number of hydrogen-bond acceptors (Lipinski definition) is 5. The molecule has 0 saturated carbocycles. The molecule has 3 unspecified atom stereocenters. The van der Waals surface area contributed by atoms with Gasteiger partial charge < -0.3 is 24.0 Å². The van der Waals surface area contributed by atoms with Crippen molar-refractivity contribution in [2.45, 2.75) is 62.8 Å². The van der Waals surface area contributed by atoms with Gasteiger partial charge >= 0.3 is 0 Å². The molecule has 0 aliphatic carbocycles. The third-order valence-corrected chi connectivity index (χ3v) is 12.3. The summed E-state index contributed by atoms with van der Waals surface area (Å²) in [6.07, 6.45) is 3.42. The average Bonchev–Trinajstić information content (AvgIpc) is 4.04. The van der Waals surface area contributed by atoms with Crippen LogP contribution in [0.5, 0.6) is 0 Å². The highest BCUT2D eigenvalue weighted by Gasteiger charge is 2.42. The number of fused-ring (bicyclic) bond motifs is 3. The van der Waals surface area contributed by atoms with Gasteiger partial charge in [-0.25, -0.2) is 27.7 Å². The number of ether oxygens (including phenoxy) is 3. The van der Waals surface area contributed by atoms with E-state index >= 15 is 0 Å². The van der Waals surface area contributed by atoms with Crippen LogP contribution in [0.2, 0.25) is 0 Å². The lowest BCUT2D eigenvalue weighted by Crippen LogP contribution is -2.28. The van der Waals surface area contributed by atoms with E-state index < -0.39 is 11.2 Å². The smallest absolute Gasteiger partial charge is 0.187 e. The normalized spacial score (nSPS) is 18.7. The summed E-state index contributed by atoms with van der Waals surface area (Å²) in [5.74, 6) is -0.743. The lowest BCUT2D eigenvalue weighted by molar-refractivity contribution is -0.0141. The van der Waals surface area contributed by atoms with E-state index in [4.69, 9.17) is 33.9 Å². The maximum absolute atomic E-state index is 13.4. The van der Waals surface area contributed by atoms with E-state index in [9.17, 15) is 13.2 Å². The first-order valence-corrected chi connectivity index (χ1v) is 21.9. The summed E-state index contributed by atoms with van der Waals surface area (Å²) in [6.45, 7) is 24.8. The van der Waals surface area contributed by atoms with Gasteiger partial charge in [-0.1, -0.05) is 91.0 Å². The van der Waals surface area contributed by atoms with E-state index in [1.165, 1.54) is 36.4 Å². The van der Waals surface area contributed by atoms with Crippen LogP contribution in [0.1, 0.15) is 81.9 Å². The molecule has 336 valence electrons. The number of rotatable bonds is 11. The molecule has 11 heteroatoms. The quantitative estimate of drug-likeness (QED) is 0.121. The topological polar surface area (TPSA) is 47.2 Å². The third kappa shape index (κ3) is 10.6. The van der Waals surface area contributed by atoms with Crippen LogP contribution in [-0.2, 0) is 45.2 Å². The summed E-state index contributed by atoms with van der Waals surface area (Å²) in [6, 6.07) is 36.5. The molecule has 8 nitrogen and oxygen atoms in total. The first kappa shape index (κ1) is 47.3. The fourth-order valence-corrected chi connectivity index (χ4v) is 9.01. The molecule has 0 spiro atoms. The summed E-state index contributed by atoms with van der Waals surface area (Å²) >= 11 is 0. The number of nitrogens with zero attached hydrogens (tertiary/aromatic N) is 5. The van der Waals surface area contributed by atoms with Crippen LogP contribution >= 0.6 is 0 Å². The first-order valence-electron chi connectivity index (χ1n) is 21.9. The predicted octanol–water partition coefficient (Wildman–Crippen LogP) is 13.0. The number of benzene rings is 6. The van der Waals surface area contributed by atoms with Gasteiger partial charge in [0.2, 0.25) is 0 Å². The van der Waals surface area contributed by atoms with Gasteiger partial charge in [0.15, 0.2) is 17.1 Å². The first-order chi connectivity index (χ1) is 31.9. The SMILES string of the molecule is [C-]#[N+]c1ccc2c(c1)COC2(CCCN(C)C)c1ccc(F)cc1.[C-]#[N+]c1ccc2c(c1)COC2(CCCN(C)C)c1ccc(F)cc1.[C-]#[N+]c1ccc2c(c1)COC2c1ccc(F)cc1. The van der Waals surface area contributed by atoms with Crippen molar-refractivity contribution in [3.05, 3.63) is 229 Å². The van der Waals surface area contributed by atoms with Crippen molar-refractivity contribution in [1.29, 1.82) is 0 Å². The van der Waals surface area contributed by atoms with Crippen molar-refractivity contribution < 1.29 is 27.4 Å². The van der Waals surface area contributed by atoms with Crippen molar-refractivity contribution >= 4 is 17.1 Å². The molecule has 3 atom stereocenters. The molecule has 0 N–H and O–H groups in total. The highest BCUT2D eigenvalue weighted by Crippen LogP contribution is 2.48. The Balaban J connectivity index is 0.000000149. The molecule has 0 saturated heterocycles. The van der Waals surface area contributed by atoms with Crippen molar-refractivity contribution in [2.24, 2.45) is 0 Å². The van der Waals surface area contributed by atoms with Gasteiger partial charge in [0.1, 0.15) is 34.8 Å². The predicted molar refractivity (Wildman–Crippen MR) is 251 cm³/mol. The second-order valence-corrected chi connectivity index (χ2v) is 17.2. The fourth-order valence-electron chi connectivity index (χ4n) is 9.01. The molecule has 6 aromatic carbocycles. The van der Waals surface area contributed by atoms with Gasteiger partial charge in [-0.15, -0.1) is 0 Å². The molecule has 0 fully saturated rings. The van der Waals surface area contributed by atoms with Crippen LogP contribution in [0.25, 0.3) is 14.5 Å². The highest BCUT2D eigenvalue weighted by molar-refractivity contribution is 5.56. The second-order valence-electron chi connectivity index (χ2n) is 17.2. The molecular weight excluding hydrogens is 836 g/mol. The van der Waals surface area contributed by atoms with Crippen molar-refractivity contribution in [3.8, 4) is 0 Å². The average molecular weight is 888 g/mol. The maximum atomic E-state index is 13.4. The molecule has 0 bridgehead atoms. The van der Waals surface area contributed by atoms with Crippen molar-refractivity contribution in [3.63, 3.8) is 0 Å². The molecule has 9 rings (SSSR count). The highest BCUT2D eigenvalue weighted by atomic mass is 19.1. The maximum Gasteiger partial charge on any atom is 0.187 e. The Kier molecular flexibility index (Phi) is 15.2. The third-order valence-electron chi connectivity index (χ3n) is 12.3. The van der Waals surface area contributed by atoms with Gasteiger partial charge in [0.25, 0.3) is 0 Å². The molecule has 3 aliphatic heterocycles. The molecule has 6 aromatic rings. The number of halogens is 3. The monoisotopic (exact) mass is 887 g/mol. The van der Waals surface area contributed by atoms with Gasteiger partial charge in [-0.2, -0.15) is 0 Å². The van der Waals surface area contributed by atoms with E-state index in [-0.39, 0.29) is 23.6 Å². The zero-order valence-electron chi connectivity index (χ0n) is 37.7. The molecular formula is C55H52F3N5O3. The van der Waals surface area contributed by atoms with Crippen LogP contribution in [0.15, 0.2) is 127 Å². The molecule has 3 heterocycles. The standard InChI is InChI=1S/2C20H21FN2O.C15H10FNO/c2*1-22-18-9-10-19-15(13-18)14-24-20(19,11-4-12-23(2)3)16-5-7-17(21)8-6-16;1-17-13-6-7-14-11(8-13)9-18-15(14)10-2-4-12(16)5-3-10/h2*5-10,13H,4,11-12,14H2,2-3H3;2-8,15H,9H2. The zero-order valence-corrected chi connectivity index (χ0v) is 37.7. The number of hydrogen-bond donors (Lipinski definition) is 0. The fraction of sp³-hybridized carbons (Fsp3) is 0.291. The van der Waals surface area contributed by atoms with Gasteiger partial charge in [0, 0.05) is 0 Å². The summed E-state index contributed by atoms with van der Waals surface area (Å²) in [7, 11) is 8.21. The Labute approximate surface area is 386 Å². The van der Waals surface area contributed by atoms with Gasteiger partial charge in [0.05, 0.1) is 39.5 Å². The summed E-state index contributed by atoms with van der Waals surface area (Å²) in [4.78, 5) is 14.7.